The molecule has 2 rings (SSSR count). The van der Waals surface area contributed by atoms with Gasteiger partial charge in [0, 0.05) is 12.5 Å². The van der Waals surface area contributed by atoms with Crippen molar-refractivity contribution in [2.75, 3.05) is 6.54 Å². The Balaban J connectivity index is 2.09. The third kappa shape index (κ3) is 3.11. The van der Waals surface area contributed by atoms with E-state index in [9.17, 15) is 9.59 Å². The molecule has 0 aromatic carbocycles. The van der Waals surface area contributed by atoms with Crippen molar-refractivity contribution in [1.82, 2.24) is 4.90 Å². The molecule has 1 saturated carbocycles. The van der Waals surface area contributed by atoms with Crippen molar-refractivity contribution in [2.45, 2.75) is 51.9 Å². The summed E-state index contributed by atoms with van der Waals surface area (Å²) in [6.45, 7) is 5.89. The summed E-state index contributed by atoms with van der Waals surface area (Å²) >= 11 is 0. The number of rotatable bonds is 1. The molecule has 1 saturated heterocycles. The van der Waals surface area contributed by atoms with Crippen LogP contribution < -0.4 is 0 Å². The molecule has 2 fully saturated rings. The van der Waals surface area contributed by atoms with E-state index in [0.717, 1.165) is 19.3 Å². The maximum Gasteiger partial charge on any atom is 0.507 e. The maximum atomic E-state index is 12.1. The first-order valence-electron chi connectivity index (χ1n) is 6.67. The van der Waals surface area contributed by atoms with Gasteiger partial charge in [0.05, 0.1) is 0 Å². The summed E-state index contributed by atoms with van der Waals surface area (Å²) in [7, 11) is 0. The van der Waals surface area contributed by atoms with Crippen molar-refractivity contribution in [3.05, 3.63) is 0 Å². The Morgan fingerprint density at radius 2 is 1.95 bits per heavy atom. The van der Waals surface area contributed by atoms with Gasteiger partial charge in [-0.05, 0) is 39.5 Å². The van der Waals surface area contributed by atoms with Crippen molar-refractivity contribution in [3.8, 4) is 0 Å². The predicted molar refractivity (Wildman–Crippen MR) is 66.7 cm³/mol. The number of likely N-dealkylation sites (tertiary alicyclic amines) is 1. The van der Waals surface area contributed by atoms with Gasteiger partial charge in [0.25, 0.3) is 0 Å². The largest absolute Gasteiger partial charge is 0.507 e. The van der Waals surface area contributed by atoms with Crippen LogP contribution in [0.4, 0.5) is 9.59 Å². The smallest absolute Gasteiger partial charge is 0.450 e. The highest BCUT2D eigenvalue weighted by Gasteiger charge is 2.49. The fourth-order valence-corrected chi connectivity index (χ4v) is 3.01. The number of hydrogen-bond donors (Lipinski definition) is 1. The highest BCUT2D eigenvalue weighted by Crippen LogP contribution is 2.43. The molecule has 108 valence electrons. The van der Waals surface area contributed by atoms with Crippen molar-refractivity contribution in [3.63, 3.8) is 0 Å². The Bertz CT molecular complexity index is 376. The topological polar surface area (TPSA) is 76.1 Å². The van der Waals surface area contributed by atoms with Gasteiger partial charge in [-0.2, -0.15) is 0 Å². The highest BCUT2D eigenvalue weighted by atomic mass is 16.7. The molecular weight excluding hydrogens is 250 g/mol. The van der Waals surface area contributed by atoms with Crippen molar-refractivity contribution < 1.29 is 24.2 Å². The standard InChI is InChI=1S/C13H21NO5/c1-13(2,3)19-11(15)14-7-8-5-4-6-9(8)10(14)18-12(16)17/h8-10H,4-7H2,1-3H3,(H,16,17)/t8?,9-,10-/m1/s1. The lowest BCUT2D eigenvalue weighted by Crippen LogP contribution is -2.43. The highest BCUT2D eigenvalue weighted by molar-refractivity contribution is 5.69. The number of nitrogens with zero attached hydrogens (tertiary/aromatic N) is 1. The summed E-state index contributed by atoms with van der Waals surface area (Å²) in [5, 5.41) is 8.82. The van der Waals surface area contributed by atoms with E-state index in [1.807, 2.05) is 0 Å². The molecule has 1 aliphatic carbocycles. The van der Waals surface area contributed by atoms with Gasteiger partial charge in [-0.3, -0.25) is 4.90 Å². The first-order valence-corrected chi connectivity index (χ1v) is 6.67. The van der Waals surface area contributed by atoms with Gasteiger partial charge in [-0.25, -0.2) is 9.59 Å². The summed E-state index contributed by atoms with van der Waals surface area (Å²) in [4.78, 5) is 24.3. The zero-order valence-corrected chi connectivity index (χ0v) is 11.6. The van der Waals surface area contributed by atoms with E-state index in [2.05, 4.69) is 0 Å². The zero-order chi connectivity index (χ0) is 14.2. The molecule has 3 atom stereocenters. The van der Waals surface area contributed by atoms with Crippen molar-refractivity contribution in [1.29, 1.82) is 0 Å². The minimum absolute atomic E-state index is 0.114. The number of fused-ring (bicyclic) bond motifs is 1. The van der Waals surface area contributed by atoms with Crippen LogP contribution in [0.15, 0.2) is 0 Å². The first-order chi connectivity index (χ1) is 8.78. The minimum atomic E-state index is -1.34. The summed E-state index contributed by atoms with van der Waals surface area (Å²) in [5.74, 6) is 0.445. The third-order valence-electron chi connectivity index (χ3n) is 3.67. The molecule has 6 heteroatoms. The van der Waals surface area contributed by atoms with Crippen LogP contribution in [0.1, 0.15) is 40.0 Å². The Morgan fingerprint density at radius 1 is 1.26 bits per heavy atom. The van der Waals surface area contributed by atoms with Crippen LogP contribution in [0.5, 0.6) is 0 Å². The first kappa shape index (κ1) is 14.0. The molecule has 1 amide bonds. The molecular formula is C13H21NO5. The third-order valence-corrected chi connectivity index (χ3v) is 3.67. The number of carbonyl (C=O) groups excluding carboxylic acids is 1. The molecule has 19 heavy (non-hydrogen) atoms. The molecule has 6 nitrogen and oxygen atoms in total. The lowest BCUT2D eigenvalue weighted by Gasteiger charge is -2.29. The fraction of sp³-hybridized carbons (Fsp3) is 0.846. The van der Waals surface area contributed by atoms with Gasteiger partial charge >= 0.3 is 12.2 Å². The normalized spacial score (nSPS) is 30.1. The number of amides is 1. The molecule has 1 N–H and O–H groups in total. The number of hydrogen-bond acceptors (Lipinski definition) is 4. The molecule has 1 unspecified atom stereocenters. The molecule has 0 aromatic heterocycles. The quantitative estimate of drug-likeness (QED) is 0.742. The fourth-order valence-electron chi connectivity index (χ4n) is 3.01. The van der Waals surface area contributed by atoms with E-state index in [0.29, 0.717) is 12.5 Å². The predicted octanol–water partition coefficient (Wildman–Crippen LogP) is 2.67. The lowest BCUT2D eigenvalue weighted by molar-refractivity contribution is -0.0471. The molecule has 0 spiro atoms. The van der Waals surface area contributed by atoms with E-state index >= 15 is 0 Å². The van der Waals surface area contributed by atoms with Gasteiger partial charge in [0.15, 0.2) is 6.23 Å². The van der Waals surface area contributed by atoms with Gasteiger partial charge in [0.2, 0.25) is 0 Å². The van der Waals surface area contributed by atoms with Gasteiger partial charge < -0.3 is 14.6 Å². The lowest BCUT2D eigenvalue weighted by atomic mass is 9.99. The van der Waals surface area contributed by atoms with E-state index in [1.54, 1.807) is 20.8 Å². The van der Waals surface area contributed by atoms with E-state index < -0.39 is 24.1 Å². The summed E-state index contributed by atoms with van der Waals surface area (Å²) in [6.07, 6.45) is 0.460. The Kier molecular flexibility index (Phi) is 3.60. The van der Waals surface area contributed by atoms with E-state index in [4.69, 9.17) is 14.6 Å². The molecule has 0 bridgehead atoms. The second-order valence-electron chi connectivity index (χ2n) is 6.26. The van der Waals surface area contributed by atoms with Crippen LogP contribution in [0.3, 0.4) is 0 Å². The average Bonchev–Trinajstić information content (AvgIpc) is 2.77. The summed E-state index contributed by atoms with van der Waals surface area (Å²) in [6, 6.07) is 0. The van der Waals surface area contributed by atoms with Crippen LogP contribution in [0, 0.1) is 11.8 Å². The van der Waals surface area contributed by atoms with Gasteiger partial charge in [-0.1, -0.05) is 6.42 Å². The summed E-state index contributed by atoms with van der Waals surface area (Å²) < 4.78 is 10.2. The minimum Gasteiger partial charge on any atom is -0.450 e. The number of carbonyl (C=O) groups is 2. The second-order valence-corrected chi connectivity index (χ2v) is 6.26. The molecule has 1 heterocycles. The Labute approximate surface area is 112 Å². The number of ether oxygens (including phenoxy) is 2. The maximum absolute atomic E-state index is 12.1. The van der Waals surface area contributed by atoms with Gasteiger partial charge in [0.1, 0.15) is 5.60 Å². The van der Waals surface area contributed by atoms with E-state index in [-0.39, 0.29) is 5.92 Å². The summed E-state index contributed by atoms with van der Waals surface area (Å²) in [5.41, 5.74) is -0.595. The van der Waals surface area contributed by atoms with Crippen LogP contribution in [0.25, 0.3) is 0 Å². The Morgan fingerprint density at radius 3 is 2.53 bits per heavy atom. The van der Waals surface area contributed by atoms with Crippen LogP contribution in [-0.2, 0) is 9.47 Å². The number of carboxylic acid groups (broad SMARTS) is 1. The van der Waals surface area contributed by atoms with Crippen molar-refractivity contribution in [2.24, 2.45) is 11.8 Å². The SMILES string of the molecule is CC(C)(C)OC(=O)N1CC2CCC[C@H]2[C@H]1OC(=O)O. The Hall–Kier alpha value is -1.46. The molecule has 0 aromatic rings. The van der Waals surface area contributed by atoms with E-state index in [1.165, 1.54) is 4.90 Å². The average molecular weight is 271 g/mol. The van der Waals surface area contributed by atoms with Crippen LogP contribution in [0.2, 0.25) is 0 Å². The van der Waals surface area contributed by atoms with Gasteiger partial charge in [-0.15, -0.1) is 0 Å². The molecule has 0 radical (unpaired) electrons. The van der Waals surface area contributed by atoms with Crippen molar-refractivity contribution >= 4 is 12.2 Å². The monoisotopic (exact) mass is 271 g/mol. The molecule has 1 aliphatic heterocycles. The zero-order valence-electron chi connectivity index (χ0n) is 11.6. The molecule has 2 aliphatic rings. The van der Waals surface area contributed by atoms with Crippen LogP contribution >= 0.6 is 0 Å². The second kappa shape index (κ2) is 4.90. The van der Waals surface area contributed by atoms with Crippen LogP contribution in [-0.4, -0.2) is 40.6 Å².